The maximum atomic E-state index is 12.1. The average Bonchev–Trinajstić information content (AvgIpc) is 3.19. The van der Waals surface area contributed by atoms with E-state index in [2.05, 4.69) is 19.2 Å². The van der Waals surface area contributed by atoms with E-state index in [0.29, 0.717) is 34.8 Å². The van der Waals surface area contributed by atoms with Gasteiger partial charge in [0, 0.05) is 0 Å². The van der Waals surface area contributed by atoms with Crippen LogP contribution in [0.3, 0.4) is 0 Å². The highest BCUT2D eigenvalue weighted by Crippen LogP contribution is 2.68. The minimum Gasteiger partial charge on any atom is -0.393 e. The van der Waals surface area contributed by atoms with Crippen LogP contribution < -0.4 is 5.32 Å². The van der Waals surface area contributed by atoms with E-state index in [1.54, 1.807) is 0 Å². The lowest BCUT2D eigenvalue weighted by Crippen LogP contribution is -2.58. The van der Waals surface area contributed by atoms with E-state index < -0.39 is 0 Å². The lowest BCUT2D eigenvalue weighted by Gasteiger charge is -2.62. The van der Waals surface area contributed by atoms with E-state index in [1.165, 1.54) is 37.4 Å². The SMILES string of the molecule is C[C@]12CCC3C(C1CCC2CC[C@H]1SC(=N)NC1=O)[C@H](O)C[C@@H]1C[C@H](O)CC[C@]31C. The zero-order chi connectivity index (χ0) is 21.3. The monoisotopic (exact) mass is 434 g/mol. The van der Waals surface area contributed by atoms with Gasteiger partial charge in [-0.2, -0.15) is 0 Å². The summed E-state index contributed by atoms with van der Waals surface area (Å²) in [7, 11) is 0. The third kappa shape index (κ3) is 3.19. The van der Waals surface area contributed by atoms with Crippen LogP contribution in [0.2, 0.25) is 0 Å². The van der Waals surface area contributed by atoms with Gasteiger partial charge in [-0.25, -0.2) is 0 Å². The highest BCUT2D eigenvalue weighted by atomic mass is 32.2. The summed E-state index contributed by atoms with van der Waals surface area (Å²) in [6.45, 7) is 4.94. The van der Waals surface area contributed by atoms with Gasteiger partial charge in [0.1, 0.15) is 0 Å². The van der Waals surface area contributed by atoms with Crippen molar-refractivity contribution >= 4 is 22.8 Å². The maximum Gasteiger partial charge on any atom is 0.239 e. The van der Waals surface area contributed by atoms with Crippen molar-refractivity contribution in [3.8, 4) is 0 Å². The van der Waals surface area contributed by atoms with Crippen LogP contribution in [0.1, 0.15) is 78.1 Å². The average molecular weight is 435 g/mol. The molecule has 4 unspecified atom stereocenters. The number of rotatable bonds is 3. The van der Waals surface area contributed by atoms with Gasteiger partial charge in [-0.15, -0.1) is 0 Å². The summed E-state index contributed by atoms with van der Waals surface area (Å²) in [4.78, 5) is 12.1. The maximum absolute atomic E-state index is 12.1. The molecular weight excluding hydrogens is 396 g/mol. The van der Waals surface area contributed by atoms with Gasteiger partial charge in [0.15, 0.2) is 5.17 Å². The van der Waals surface area contributed by atoms with Crippen molar-refractivity contribution in [1.82, 2.24) is 5.32 Å². The molecule has 5 fully saturated rings. The molecule has 1 amide bonds. The smallest absolute Gasteiger partial charge is 0.239 e. The molecule has 5 aliphatic rings. The molecule has 0 aromatic rings. The van der Waals surface area contributed by atoms with Crippen molar-refractivity contribution < 1.29 is 15.0 Å². The first-order valence-corrected chi connectivity index (χ1v) is 13.0. The quantitative estimate of drug-likeness (QED) is 0.541. The Kier molecular flexibility index (Phi) is 5.30. The number of hydrogen-bond acceptors (Lipinski definition) is 5. The number of nitrogens with one attached hydrogen (secondary N) is 2. The standard InChI is InChI=1S/C24H38N2O3S/c1-23-10-8-17-20(18(28)12-14-11-15(27)7-9-24(14,17)2)16(23)5-3-13(23)4-6-19-21(29)26-22(25)30-19/h13-20,27-28H,3-12H2,1-2H3,(H2,25,26,29)/t13?,14-,15+,16?,17?,18+,19+,20?,23+,24-/m0/s1. The van der Waals surface area contributed by atoms with Crippen LogP contribution in [0, 0.1) is 45.8 Å². The molecule has 1 saturated heterocycles. The summed E-state index contributed by atoms with van der Waals surface area (Å²) in [5, 5.41) is 32.1. The number of aliphatic hydroxyl groups is 2. The molecule has 0 bridgehead atoms. The van der Waals surface area contributed by atoms with E-state index in [9.17, 15) is 15.0 Å². The molecule has 4 N–H and O–H groups in total. The van der Waals surface area contributed by atoms with Gasteiger partial charge in [0.05, 0.1) is 17.5 Å². The molecule has 0 aromatic carbocycles. The number of fused-ring (bicyclic) bond motifs is 5. The van der Waals surface area contributed by atoms with E-state index in [0.717, 1.165) is 38.5 Å². The van der Waals surface area contributed by atoms with Crippen LogP contribution in [0.25, 0.3) is 0 Å². The first-order chi connectivity index (χ1) is 14.2. The van der Waals surface area contributed by atoms with Crippen LogP contribution in [-0.4, -0.2) is 38.7 Å². The zero-order valence-corrected chi connectivity index (χ0v) is 19.2. The van der Waals surface area contributed by atoms with Gasteiger partial charge >= 0.3 is 0 Å². The Bertz CT molecular complexity index is 731. The predicted octanol–water partition coefficient (Wildman–Crippen LogP) is 3.92. The third-order valence-corrected chi connectivity index (χ3v) is 11.5. The first kappa shape index (κ1) is 21.3. The molecular formula is C24H38N2O3S. The van der Waals surface area contributed by atoms with Crippen LogP contribution in [-0.2, 0) is 4.79 Å². The van der Waals surface area contributed by atoms with Crippen molar-refractivity contribution in [1.29, 1.82) is 5.41 Å². The van der Waals surface area contributed by atoms with Crippen LogP contribution in [0.15, 0.2) is 0 Å². The fourth-order valence-electron chi connectivity index (χ4n) is 8.74. The van der Waals surface area contributed by atoms with Crippen molar-refractivity contribution in [2.24, 2.45) is 40.4 Å². The number of amides is 1. The predicted molar refractivity (Wildman–Crippen MR) is 119 cm³/mol. The molecule has 1 heterocycles. The number of carbonyl (C=O) groups excluding carboxylic acids is 1. The molecule has 1 aliphatic heterocycles. The summed E-state index contributed by atoms with van der Waals surface area (Å²) < 4.78 is 0. The fourth-order valence-corrected chi connectivity index (χ4v) is 9.61. The Labute approximate surface area is 184 Å². The van der Waals surface area contributed by atoms with Gasteiger partial charge < -0.3 is 15.5 Å². The van der Waals surface area contributed by atoms with Crippen LogP contribution >= 0.6 is 11.8 Å². The number of aliphatic hydroxyl groups excluding tert-OH is 2. The third-order valence-electron chi connectivity index (χ3n) is 10.4. The summed E-state index contributed by atoms with van der Waals surface area (Å²) in [5.74, 6) is 2.68. The minimum atomic E-state index is -0.224. The fraction of sp³-hybridized carbons (Fsp3) is 0.917. The van der Waals surface area contributed by atoms with Crippen molar-refractivity contribution in [3.05, 3.63) is 0 Å². The Balaban J connectivity index is 1.32. The second-order valence-electron chi connectivity index (χ2n) is 11.5. The second kappa shape index (κ2) is 7.48. The number of carbonyl (C=O) groups is 1. The van der Waals surface area contributed by atoms with Crippen LogP contribution in [0.5, 0.6) is 0 Å². The van der Waals surface area contributed by atoms with Crippen molar-refractivity contribution in [2.45, 2.75) is 95.5 Å². The largest absolute Gasteiger partial charge is 0.393 e. The summed E-state index contributed by atoms with van der Waals surface area (Å²) >= 11 is 1.38. The molecule has 168 valence electrons. The van der Waals surface area contributed by atoms with E-state index in [4.69, 9.17) is 5.41 Å². The van der Waals surface area contributed by atoms with Gasteiger partial charge in [-0.05, 0) is 105 Å². The Morgan fingerprint density at radius 2 is 1.77 bits per heavy atom. The first-order valence-electron chi connectivity index (χ1n) is 12.1. The van der Waals surface area contributed by atoms with Crippen molar-refractivity contribution in [3.63, 3.8) is 0 Å². The zero-order valence-electron chi connectivity index (χ0n) is 18.4. The highest BCUT2D eigenvalue weighted by molar-refractivity contribution is 8.15. The van der Waals surface area contributed by atoms with Gasteiger partial charge in [0.25, 0.3) is 0 Å². The molecule has 4 aliphatic carbocycles. The van der Waals surface area contributed by atoms with E-state index in [-0.39, 0.29) is 34.2 Å². The molecule has 5 rings (SSSR count). The van der Waals surface area contributed by atoms with Crippen LogP contribution in [0.4, 0.5) is 0 Å². The van der Waals surface area contributed by atoms with Gasteiger partial charge in [-0.3, -0.25) is 10.2 Å². The number of amidine groups is 1. The molecule has 5 nitrogen and oxygen atoms in total. The number of hydrogen-bond donors (Lipinski definition) is 4. The Morgan fingerprint density at radius 3 is 2.50 bits per heavy atom. The lowest BCUT2D eigenvalue weighted by atomic mass is 9.44. The molecule has 30 heavy (non-hydrogen) atoms. The van der Waals surface area contributed by atoms with Gasteiger partial charge in [0.2, 0.25) is 5.91 Å². The Hall–Kier alpha value is -0.590. The summed E-state index contributed by atoms with van der Waals surface area (Å²) in [6, 6.07) is 0. The molecule has 0 spiro atoms. The topological polar surface area (TPSA) is 93.4 Å². The molecule has 6 heteroatoms. The normalized spacial score (nSPS) is 53.1. The molecule has 10 atom stereocenters. The lowest BCUT2D eigenvalue weighted by molar-refractivity contribution is -0.172. The molecule has 0 aromatic heterocycles. The molecule has 4 saturated carbocycles. The minimum absolute atomic E-state index is 0.00886. The van der Waals surface area contributed by atoms with E-state index in [1.807, 2.05) is 0 Å². The molecule has 0 radical (unpaired) electrons. The highest BCUT2D eigenvalue weighted by Gasteiger charge is 2.62. The Morgan fingerprint density at radius 1 is 1.03 bits per heavy atom. The number of thioether (sulfide) groups is 1. The summed E-state index contributed by atoms with van der Waals surface area (Å²) in [5.41, 5.74) is 0.550. The van der Waals surface area contributed by atoms with Crippen molar-refractivity contribution in [2.75, 3.05) is 0 Å². The van der Waals surface area contributed by atoms with E-state index >= 15 is 0 Å². The summed E-state index contributed by atoms with van der Waals surface area (Å²) in [6.07, 6.45) is 10.2. The second-order valence-corrected chi connectivity index (χ2v) is 12.8. The van der Waals surface area contributed by atoms with Gasteiger partial charge in [-0.1, -0.05) is 25.6 Å².